The standard InChI is InChI=1S/C21H43NO/c1-4-7-10-11-12-13-14-15-16-17-18-21(23)22(19-8-5-2)20-9-6-3/h4-20H2,1-3H3. The van der Waals surface area contributed by atoms with E-state index in [9.17, 15) is 4.79 Å². The summed E-state index contributed by atoms with van der Waals surface area (Å²) < 4.78 is 0. The number of rotatable bonds is 17. The first-order valence-electron chi connectivity index (χ1n) is 10.5. The SMILES string of the molecule is CCCCCCCCCCCCC(=O)N(CCCC)CCCC. The molecule has 0 fully saturated rings. The highest BCUT2D eigenvalue weighted by molar-refractivity contribution is 5.76. The quantitative estimate of drug-likeness (QED) is 0.272. The van der Waals surface area contributed by atoms with Gasteiger partial charge in [0.1, 0.15) is 0 Å². The van der Waals surface area contributed by atoms with Gasteiger partial charge in [0.05, 0.1) is 0 Å². The van der Waals surface area contributed by atoms with E-state index < -0.39 is 0 Å². The van der Waals surface area contributed by atoms with Gasteiger partial charge >= 0.3 is 0 Å². The molecule has 0 aromatic heterocycles. The van der Waals surface area contributed by atoms with Crippen molar-refractivity contribution in [3.05, 3.63) is 0 Å². The summed E-state index contributed by atoms with van der Waals surface area (Å²) in [7, 11) is 0. The third kappa shape index (κ3) is 14.8. The molecule has 0 aliphatic rings. The van der Waals surface area contributed by atoms with Crippen LogP contribution in [0, 0.1) is 0 Å². The molecule has 2 nitrogen and oxygen atoms in total. The molecular formula is C21H43NO. The summed E-state index contributed by atoms with van der Waals surface area (Å²) in [6, 6.07) is 0. The van der Waals surface area contributed by atoms with Crippen molar-refractivity contribution in [2.75, 3.05) is 13.1 Å². The van der Waals surface area contributed by atoms with Gasteiger partial charge in [-0.25, -0.2) is 0 Å². The van der Waals surface area contributed by atoms with E-state index in [4.69, 9.17) is 0 Å². The summed E-state index contributed by atoms with van der Waals surface area (Å²) in [6.07, 6.45) is 18.7. The van der Waals surface area contributed by atoms with Crippen molar-refractivity contribution in [2.24, 2.45) is 0 Å². The molecule has 138 valence electrons. The Bertz CT molecular complexity index is 244. The minimum Gasteiger partial charge on any atom is -0.343 e. The predicted octanol–water partition coefficient (Wildman–Crippen LogP) is 6.73. The molecule has 0 N–H and O–H groups in total. The molecule has 23 heavy (non-hydrogen) atoms. The van der Waals surface area contributed by atoms with E-state index in [1.54, 1.807) is 0 Å². The molecule has 0 aromatic carbocycles. The molecule has 0 aliphatic heterocycles. The lowest BCUT2D eigenvalue weighted by Crippen LogP contribution is -2.32. The number of amides is 1. The highest BCUT2D eigenvalue weighted by Crippen LogP contribution is 2.12. The number of hydrogen-bond acceptors (Lipinski definition) is 1. The summed E-state index contributed by atoms with van der Waals surface area (Å²) >= 11 is 0. The Labute approximate surface area is 146 Å². The fraction of sp³-hybridized carbons (Fsp3) is 0.952. The maximum atomic E-state index is 12.3. The van der Waals surface area contributed by atoms with E-state index in [0.29, 0.717) is 5.91 Å². The molecule has 0 atom stereocenters. The normalized spacial score (nSPS) is 10.9. The van der Waals surface area contributed by atoms with Crippen LogP contribution in [0.1, 0.15) is 117 Å². The van der Waals surface area contributed by atoms with E-state index in [1.807, 2.05) is 0 Å². The molecule has 0 aromatic rings. The molecule has 0 heterocycles. The smallest absolute Gasteiger partial charge is 0.222 e. The van der Waals surface area contributed by atoms with Crippen molar-refractivity contribution in [2.45, 2.75) is 117 Å². The van der Waals surface area contributed by atoms with E-state index in [2.05, 4.69) is 25.7 Å². The summed E-state index contributed by atoms with van der Waals surface area (Å²) in [5.41, 5.74) is 0. The molecule has 2 heteroatoms. The van der Waals surface area contributed by atoms with Gasteiger partial charge in [0.25, 0.3) is 0 Å². The number of nitrogens with zero attached hydrogens (tertiary/aromatic N) is 1. The Kier molecular flexibility index (Phi) is 17.4. The zero-order chi connectivity index (χ0) is 17.2. The molecule has 0 aliphatic carbocycles. The largest absolute Gasteiger partial charge is 0.343 e. The molecule has 0 radical (unpaired) electrons. The van der Waals surface area contributed by atoms with E-state index in [0.717, 1.165) is 38.8 Å². The Morgan fingerprint density at radius 1 is 0.565 bits per heavy atom. The van der Waals surface area contributed by atoms with Crippen LogP contribution in [-0.2, 0) is 4.79 Å². The molecule has 0 rings (SSSR count). The molecule has 0 saturated heterocycles. The average Bonchev–Trinajstić information content (AvgIpc) is 2.56. The van der Waals surface area contributed by atoms with Crippen LogP contribution in [0.25, 0.3) is 0 Å². The topological polar surface area (TPSA) is 20.3 Å². The highest BCUT2D eigenvalue weighted by atomic mass is 16.2. The van der Waals surface area contributed by atoms with Gasteiger partial charge in [-0.3, -0.25) is 4.79 Å². The minimum atomic E-state index is 0.395. The molecule has 0 bridgehead atoms. The maximum absolute atomic E-state index is 12.3. The first-order chi connectivity index (χ1) is 11.3. The van der Waals surface area contributed by atoms with Gasteiger partial charge in [-0.05, 0) is 19.3 Å². The molecule has 0 saturated carbocycles. The van der Waals surface area contributed by atoms with Crippen LogP contribution in [-0.4, -0.2) is 23.9 Å². The molecular weight excluding hydrogens is 282 g/mol. The minimum absolute atomic E-state index is 0.395. The van der Waals surface area contributed by atoms with Gasteiger partial charge in [-0.1, -0.05) is 91.4 Å². The molecule has 0 unspecified atom stereocenters. The first kappa shape index (κ1) is 22.5. The molecule has 0 spiro atoms. The van der Waals surface area contributed by atoms with Gasteiger partial charge in [0.15, 0.2) is 0 Å². The number of hydrogen-bond donors (Lipinski definition) is 0. The Hall–Kier alpha value is -0.530. The van der Waals surface area contributed by atoms with Crippen LogP contribution >= 0.6 is 0 Å². The lowest BCUT2D eigenvalue weighted by atomic mass is 10.1. The van der Waals surface area contributed by atoms with Gasteiger partial charge < -0.3 is 4.90 Å². The second-order valence-corrected chi connectivity index (χ2v) is 7.02. The fourth-order valence-electron chi connectivity index (χ4n) is 2.98. The summed E-state index contributed by atoms with van der Waals surface area (Å²) in [4.78, 5) is 14.4. The fourth-order valence-corrected chi connectivity index (χ4v) is 2.98. The first-order valence-corrected chi connectivity index (χ1v) is 10.5. The van der Waals surface area contributed by atoms with Crippen molar-refractivity contribution in [1.29, 1.82) is 0 Å². The van der Waals surface area contributed by atoms with Crippen LogP contribution < -0.4 is 0 Å². The zero-order valence-electron chi connectivity index (χ0n) is 16.4. The van der Waals surface area contributed by atoms with Crippen LogP contribution in [0.15, 0.2) is 0 Å². The number of carbonyl (C=O) groups is 1. The molecule has 1 amide bonds. The Morgan fingerprint density at radius 3 is 1.39 bits per heavy atom. The summed E-state index contributed by atoms with van der Waals surface area (Å²) in [5.74, 6) is 0.395. The van der Waals surface area contributed by atoms with Gasteiger partial charge in [0, 0.05) is 19.5 Å². The Morgan fingerprint density at radius 2 is 0.957 bits per heavy atom. The summed E-state index contributed by atoms with van der Waals surface area (Å²) in [5, 5.41) is 0. The zero-order valence-corrected chi connectivity index (χ0v) is 16.4. The van der Waals surface area contributed by atoms with Crippen molar-refractivity contribution < 1.29 is 4.79 Å². The Balaban J connectivity index is 3.57. The van der Waals surface area contributed by atoms with Crippen molar-refractivity contribution in [3.63, 3.8) is 0 Å². The second-order valence-electron chi connectivity index (χ2n) is 7.02. The highest BCUT2D eigenvalue weighted by Gasteiger charge is 2.11. The lowest BCUT2D eigenvalue weighted by molar-refractivity contribution is -0.131. The number of unbranched alkanes of at least 4 members (excludes halogenated alkanes) is 11. The lowest BCUT2D eigenvalue weighted by Gasteiger charge is -2.22. The van der Waals surface area contributed by atoms with E-state index >= 15 is 0 Å². The predicted molar refractivity (Wildman–Crippen MR) is 103 cm³/mol. The van der Waals surface area contributed by atoms with Crippen LogP contribution in [0.5, 0.6) is 0 Å². The van der Waals surface area contributed by atoms with Crippen LogP contribution in [0.3, 0.4) is 0 Å². The van der Waals surface area contributed by atoms with Crippen molar-refractivity contribution >= 4 is 5.91 Å². The van der Waals surface area contributed by atoms with E-state index in [-0.39, 0.29) is 0 Å². The monoisotopic (exact) mass is 325 g/mol. The number of carbonyl (C=O) groups excluding carboxylic acids is 1. The van der Waals surface area contributed by atoms with Gasteiger partial charge in [-0.15, -0.1) is 0 Å². The van der Waals surface area contributed by atoms with E-state index in [1.165, 1.54) is 70.6 Å². The van der Waals surface area contributed by atoms with Crippen LogP contribution in [0.2, 0.25) is 0 Å². The van der Waals surface area contributed by atoms with Crippen LogP contribution in [0.4, 0.5) is 0 Å². The van der Waals surface area contributed by atoms with Crippen molar-refractivity contribution in [1.82, 2.24) is 4.90 Å². The van der Waals surface area contributed by atoms with Crippen molar-refractivity contribution in [3.8, 4) is 0 Å². The average molecular weight is 326 g/mol. The maximum Gasteiger partial charge on any atom is 0.222 e. The third-order valence-corrected chi connectivity index (χ3v) is 4.66. The summed E-state index contributed by atoms with van der Waals surface area (Å²) in [6.45, 7) is 8.60. The van der Waals surface area contributed by atoms with Gasteiger partial charge in [0.2, 0.25) is 5.91 Å². The van der Waals surface area contributed by atoms with Gasteiger partial charge in [-0.2, -0.15) is 0 Å². The third-order valence-electron chi connectivity index (χ3n) is 4.66. The second kappa shape index (κ2) is 17.8.